The summed E-state index contributed by atoms with van der Waals surface area (Å²) in [5, 5.41) is 9.58. The van der Waals surface area contributed by atoms with Crippen molar-refractivity contribution in [1.29, 1.82) is 0 Å². The molecule has 0 aliphatic carbocycles. The molecule has 0 aliphatic rings. The first-order valence-corrected chi connectivity index (χ1v) is 7.04. The second-order valence-electron chi connectivity index (χ2n) is 4.68. The van der Waals surface area contributed by atoms with Gasteiger partial charge in [-0.15, -0.1) is 0 Å². The van der Waals surface area contributed by atoms with E-state index in [2.05, 4.69) is 20.9 Å². The number of aryl methyl sites for hydroxylation is 1. The molecule has 1 heterocycles. The summed E-state index contributed by atoms with van der Waals surface area (Å²) in [4.78, 5) is 4.45. The highest BCUT2D eigenvalue weighted by Crippen LogP contribution is 2.30. The molecule has 3 aromatic rings. The van der Waals surface area contributed by atoms with Gasteiger partial charge in [-0.25, -0.2) is 4.98 Å². The number of halogens is 1. The molecular weight excluding hydrogens is 318 g/mol. The summed E-state index contributed by atoms with van der Waals surface area (Å²) in [5.41, 5.74) is 10.3. The van der Waals surface area contributed by atoms with Crippen LogP contribution in [-0.2, 0) is 6.61 Å². The molecule has 0 amide bonds. The molecular formula is C15H14BrN3O. The van der Waals surface area contributed by atoms with Crippen molar-refractivity contribution in [3.8, 4) is 5.69 Å². The maximum Gasteiger partial charge on any atom is 0.140 e. The van der Waals surface area contributed by atoms with Crippen LogP contribution in [0.3, 0.4) is 0 Å². The molecule has 0 fully saturated rings. The third-order valence-corrected chi connectivity index (χ3v) is 4.33. The van der Waals surface area contributed by atoms with E-state index in [0.29, 0.717) is 11.5 Å². The molecule has 3 N–H and O–H groups in total. The summed E-state index contributed by atoms with van der Waals surface area (Å²) in [7, 11) is 0. The number of nitrogens with zero attached hydrogens (tertiary/aromatic N) is 2. The predicted molar refractivity (Wildman–Crippen MR) is 83.8 cm³/mol. The minimum absolute atomic E-state index is 0.130. The Labute approximate surface area is 125 Å². The molecule has 20 heavy (non-hydrogen) atoms. The topological polar surface area (TPSA) is 64.1 Å². The Morgan fingerprint density at radius 1 is 1.30 bits per heavy atom. The van der Waals surface area contributed by atoms with Crippen LogP contribution in [0.1, 0.15) is 11.4 Å². The minimum atomic E-state index is -0.130. The van der Waals surface area contributed by atoms with E-state index in [0.717, 1.165) is 26.8 Å². The Morgan fingerprint density at radius 2 is 2.10 bits per heavy atom. The van der Waals surface area contributed by atoms with Gasteiger partial charge in [0, 0.05) is 10.2 Å². The molecule has 1 aromatic heterocycles. The first kappa shape index (κ1) is 13.1. The summed E-state index contributed by atoms with van der Waals surface area (Å²) in [5.74, 6) is 0.594. The predicted octanol–water partition coefficient (Wildman–Crippen LogP) is 3.17. The molecule has 0 unspecified atom stereocenters. The van der Waals surface area contributed by atoms with Crippen molar-refractivity contribution in [2.45, 2.75) is 13.5 Å². The third kappa shape index (κ3) is 1.99. The van der Waals surface area contributed by atoms with Gasteiger partial charge in [0.2, 0.25) is 0 Å². The molecule has 0 bridgehead atoms. The summed E-state index contributed by atoms with van der Waals surface area (Å²) < 4.78 is 2.94. The number of hydrogen-bond acceptors (Lipinski definition) is 3. The maximum absolute atomic E-state index is 9.58. The van der Waals surface area contributed by atoms with Crippen LogP contribution >= 0.6 is 15.9 Å². The van der Waals surface area contributed by atoms with E-state index in [1.807, 2.05) is 47.9 Å². The van der Waals surface area contributed by atoms with E-state index in [1.165, 1.54) is 0 Å². The monoisotopic (exact) mass is 331 g/mol. The van der Waals surface area contributed by atoms with Crippen LogP contribution in [-0.4, -0.2) is 14.7 Å². The van der Waals surface area contributed by atoms with Crippen molar-refractivity contribution >= 4 is 32.7 Å². The Bertz CT molecular complexity index is 795. The van der Waals surface area contributed by atoms with Crippen molar-refractivity contribution in [2.24, 2.45) is 0 Å². The Kier molecular flexibility index (Phi) is 3.23. The Morgan fingerprint density at radius 3 is 2.85 bits per heavy atom. The summed E-state index contributed by atoms with van der Waals surface area (Å²) in [6.07, 6.45) is 0. The first-order valence-electron chi connectivity index (χ1n) is 6.25. The van der Waals surface area contributed by atoms with Gasteiger partial charge < -0.3 is 10.8 Å². The van der Waals surface area contributed by atoms with Gasteiger partial charge in [-0.05, 0) is 52.7 Å². The number of hydrogen-bond donors (Lipinski definition) is 2. The zero-order chi connectivity index (χ0) is 14.3. The lowest BCUT2D eigenvalue weighted by Crippen LogP contribution is -2.02. The lowest BCUT2D eigenvalue weighted by molar-refractivity contribution is 0.270. The lowest BCUT2D eigenvalue weighted by atomic mass is 10.2. The van der Waals surface area contributed by atoms with E-state index >= 15 is 0 Å². The molecule has 3 rings (SSSR count). The SMILES string of the molecule is Cc1cccc(-n2c(CO)nc3cc(N)ccc32)c1Br. The molecule has 0 atom stereocenters. The molecule has 4 nitrogen and oxygen atoms in total. The first-order chi connectivity index (χ1) is 9.61. The van der Waals surface area contributed by atoms with Gasteiger partial charge >= 0.3 is 0 Å². The van der Waals surface area contributed by atoms with E-state index in [9.17, 15) is 5.11 Å². The molecule has 0 spiro atoms. The molecule has 2 aromatic carbocycles. The summed E-state index contributed by atoms with van der Waals surface area (Å²) in [6.45, 7) is 1.90. The standard InChI is InChI=1S/C15H14BrN3O/c1-9-3-2-4-13(15(9)16)19-12-6-5-10(17)7-11(12)18-14(19)8-20/h2-7,20H,8,17H2,1H3. The molecule has 0 radical (unpaired) electrons. The normalized spacial score (nSPS) is 11.2. The number of nitrogen functional groups attached to an aromatic ring is 1. The van der Waals surface area contributed by atoms with Crippen LogP contribution < -0.4 is 5.73 Å². The molecule has 0 saturated heterocycles. The average Bonchev–Trinajstić information content (AvgIpc) is 2.79. The van der Waals surface area contributed by atoms with Gasteiger partial charge in [0.1, 0.15) is 12.4 Å². The van der Waals surface area contributed by atoms with E-state index in [1.54, 1.807) is 0 Å². The largest absolute Gasteiger partial charge is 0.399 e. The highest BCUT2D eigenvalue weighted by atomic mass is 79.9. The summed E-state index contributed by atoms with van der Waals surface area (Å²) in [6, 6.07) is 11.6. The maximum atomic E-state index is 9.58. The summed E-state index contributed by atoms with van der Waals surface area (Å²) >= 11 is 3.61. The van der Waals surface area contributed by atoms with Gasteiger partial charge in [0.15, 0.2) is 0 Å². The van der Waals surface area contributed by atoms with Crippen LogP contribution in [0.15, 0.2) is 40.9 Å². The zero-order valence-corrected chi connectivity index (χ0v) is 12.6. The Balaban J connectivity index is 2.37. The van der Waals surface area contributed by atoms with Crippen LogP contribution in [0, 0.1) is 6.92 Å². The number of rotatable bonds is 2. The van der Waals surface area contributed by atoms with Crippen molar-refractivity contribution in [3.05, 3.63) is 52.3 Å². The molecule has 5 heteroatoms. The third-order valence-electron chi connectivity index (χ3n) is 3.30. The van der Waals surface area contributed by atoms with Gasteiger partial charge in [0.25, 0.3) is 0 Å². The van der Waals surface area contributed by atoms with Crippen molar-refractivity contribution < 1.29 is 5.11 Å². The number of aromatic nitrogens is 2. The zero-order valence-electron chi connectivity index (χ0n) is 11.0. The smallest absolute Gasteiger partial charge is 0.140 e. The van der Waals surface area contributed by atoms with Crippen LogP contribution in [0.4, 0.5) is 5.69 Å². The van der Waals surface area contributed by atoms with Crippen LogP contribution in [0.25, 0.3) is 16.7 Å². The Hall–Kier alpha value is -1.85. The molecule has 0 saturated carbocycles. The number of aliphatic hydroxyl groups is 1. The fourth-order valence-corrected chi connectivity index (χ4v) is 2.77. The van der Waals surface area contributed by atoms with E-state index < -0.39 is 0 Å². The van der Waals surface area contributed by atoms with E-state index in [-0.39, 0.29) is 6.61 Å². The number of nitrogens with two attached hydrogens (primary N) is 1. The van der Waals surface area contributed by atoms with Gasteiger partial charge in [-0.3, -0.25) is 4.57 Å². The van der Waals surface area contributed by atoms with Crippen molar-refractivity contribution in [2.75, 3.05) is 5.73 Å². The lowest BCUT2D eigenvalue weighted by Gasteiger charge is -2.11. The number of anilines is 1. The highest BCUT2D eigenvalue weighted by Gasteiger charge is 2.14. The van der Waals surface area contributed by atoms with Crippen molar-refractivity contribution in [3.63, 3.8) is 0 Å². The van der Waals surface area contributed by atoms with Crippen LogP contribution in [0.5, 0.6) is 0 Å². The number of aliphatic hydroxyl groups excluding tert-OH is 1. The number of fused-ring (bicyclic) bond motifs is 1. The minimum Gasteiger partial charge on any atom is -0.399 e. The molecule has 102 valence electrons. The fourth-order valence-electron chi connectivity index (χ4n) is 2.33. The highest BCUT2D eigenvalue weighted by molar-refractivity contribution is 9.10. The second-order valence-corrected chi connectivity index (χ2v) is 5.47. The van der Waals surface area contributed by atoms with E-state index in [4.69, 9.17) is 5.73 Å². The van der Waals surface area contributed by atoms with Crippen LogP contribution in [0.2, 0.25) is 0 Å². The second kappa shape index (κ2) is 4.92. The van der Waals surface area contributed by atoms with Gasteiger partial charge in [0.05, 0.1) is 16.7 Å². The molecule has 0 aliphatic heterocycles. The number of imidazole rings is 1. The van der Waals surface area contributed by atoms with Gasteiger partial charge in [-0.2, -0.15) is 0 Å². The fraction of sp³-hybridized carbons (Fsp3) is 0.133. The van der Waals surface area contributed by atoms with Gasteiger partial charge in [-0.1, -0.05) is 12.1 Å². The average molecular weight is 332 g/mol. The quantitative estimate of drug-likeness (QED) is 0.709. The number of benzene rings is 2. The van der Waals surface area contributed by atoms with Crippen molar-refractivity contribution in [1.82, 2.24) is 9.55 Å².